The van der Waals surface area contributed by atoms with Gasteiger partial charge in [0.2, 0.25) is 0 Å². The lowest BCUT2D eigenvalue weighted by Crippen LogP contribution is -1.88. The zero-order chi connectivity index (χ0) is 15.3. The lowest BCUT2D eigenvalue weighted by Gasteiger charge is -2.08. The summed E-state index contributed by atoms with van der Waals surface area (Å²) < 4.78 is 0. The molecule has 108 valence electrons. The molecule has 0 saturated carbocycles. The molecule has 0 spiro atoms. The van der Waals surface area contributed by atoms with Crippen LogP contribution in [0.4, 0.5) is 0 Å². The lowest BCUT2D eigenvalue weighted by atomic mass is 9.97. The third-order valence-electron chi connectivity index (χ3n) is 4.38. The van der Waals surface area contributed by atoms with E-state index >= 15 is 0 Å². The molecular weight excluding hydrogens is 268 g/mol. The number of nitrogens with one attached hydrogen (secondary N) is 1. The maximum absolute atomic E-state index is 4.57. The number of para-hydroxylation sites is 1. The molecule has 4 aromatic rings. The second-order valence-corrected chi connectivity index (χ2v) is 6.00. The number of aromatic amines is 1. The first-order valence-electron chi connectivity index (χ1n) is 7.59. The molecule has 2 heterocycles. The van der Waals surface area contributed by atoms with Crippen LogP contribution in [0.3, 0.4) is 0 Å². The van der Waals surface area contributed by atoms with E-state index in [9.17, 15) is 0 Å². The minimum atomic E-state index is 1.08. The van der Waals surface area contributed by atoms with Gasteiger partial charge in [-0.1, -0.05) is 29.8 Å². The van der Waals surface area contributed by atoms with E-state index in [1.807, 2.05) is 6.20 Å². The summed E-state index contributed by atoms with van der Waals surface area (Å²) in [5.74, 6) is 0. The summed E-state index contributed by atoms with van der Waals surface area (Å²) in [5.41, 5.74) is 8.52. The number of nitrogens with zero attached hydrogens (tertiary/aromatic N) is 1. The first-order valence-corrected chi connectivity index (χ1v) is 7.59. The molecule has 22 heavy (non-hydrogen) atoms. The van der Waals surface area contributed by atoms with Crippen molar-refractivity contribution in [2.45, 2.75) is 20.8 Å². The molecule has 2 aromatic carbocycles. The molecule has 0 aliphatic carbocycles. The van der Waals surface area contributed by atoms with Crippen molar-refractivity contribution < 1.29 is 0 Å². The lowest BCUT2D eigenvalue weighted by molar-refractivity contribution is 1.30. The maximum atomic E-state index is 4.57. The van der Waals surface area contributed by atoms with Gasteiger partial charge < -0.3 is 4.98 Å². The predicted octanol–water partition coefficient (Wildman–Crippen LogP) is 5.31. The maximum Gasteiger partial charge on any atom is 0.0737 e. The Morgan fingerprint density at radius 2 is 1.77 bits per heavy atom. The van der Waals surface area contributed by atoms with Crippen LogP contribution in [0.1, 0.15) is 16.8 Å². The molecule has 0 aliphatic rings. The third kappa shape index (κ3) is 1.84. The van der Waals surface area contributed by atoms with E-state index in [-0.39, 0.29) is 0 Å². The number of hydrogen-bond acceptors (Lipinski definition) is 1. The zero-order valence-corrected chi connectivity index (χ0v) is 13.1. The van der Waals surface area contributed by atoms with Gasteiger partial charge >= 0.3 is 0 Å². The van der Waals surface area contributed by atoms with Crippen LogP contribution in [-0.4, -0.2) is 9.97 Å². The predicted molar refractivity (Wildman–Crippen MR) is 93.2 cm³/mol. The standard InChI is InChI=1S/C20H18N2/c1-12-7-8-18-17(11-12)19(14(3)22-18)15-9-10-21-20-13(2)5-4-6-16(15)20/h4-11,22H,1-3H3. The van der Waals surface area contributed by atoms with Crippen LogP contribution in [0.2, 0.25) is 0 Å². The molecule has 0 amide bonds. The van der Waals surface area contributed by atoms with E-state index in [1.54, 1.807) is 0 Å². The minimum Gasteiger partial charge on any atom is -0.358 e. The largest absolute Gasteiger partial charge is 0.358 e. The topological polar surface area (TPSA) is 28.7 Å². The second-order valence-electron chi connectivity index (χ2n) is 6.00. The van der Waals surface area contributed by atoms with Crippen LogP contribution in [0, 0.1) is 20.8 Å². The molecule has 4 rings (SSSR count). The molecule has 0 bridgehead atoms. The summed E-state index contributed by atoms with van der Waals surface area (Å²) >= 11 is 0. The van der Waals surface area contributed by atoms with Crippen molar-refractivity contribution in [1.29, 1.82) is 0 Å². The Labute approximate surface area is 129 Å². The normalized spacial score (nSPS) is 11.4. The van der Waals surface area contributed by atoms with Gasteiger partial charge in [-0.3, -0.25) is 4.98 Å². The number of H-pyrrole nitrogens is 1. The fraction of sp³-hybridized carbons (Fsp3) is 0.150. The SMILES string of the molecule is Cc1ccc2[nH]c(C)c(-c3ccnc4c(C)cccc34)c2c1. The van der Waals surface area contributed by atoms with Gasteiger partial charge in [-0.2, -0.15) is 0 Å². The Balaban J connectivity index is 2.14. The quantitative estimate of drug-likeness (QED) is 0.505. The van der Waals surface area contributed by atoms with Gasteiger partial charge in [0.25, 0.3) is 0 Å². The number of aryl methyl sites for hydroxylation is 3. The molecule has 0 aliphatic heterocycles. The summed E-state index contributed by atoms with van der Waals surface area (Å²) in [4.78, 5) is 8.08. The fourth-order valence-electron chi connectivity index (χ4n) is 3.33. The van der Waals surface area contributed by atoms with Crippen LogP contribution < -0.4 is 0 Å². The number of pyridine rings is 1. The van der Waals surface area contributed by atoms with Crippen molar-refractivity contribution in [3.8, 4) is 11.1 Å². The Morgan fingerprint density at radius 3 is 2.64 bits per heavy atom. The highest BCUT2D eigenvalue weighted by Gasteiger charge is 2.14. The highest BCUT2D eigenvalue weighted by Crippen LogP contribution is 2.36. The number of benzene rings is 2. The molecule has 0 radical (unpaired) electrons. The summed E-state index contributed by atoms with van der Waals surface area (Å²) in [7, 11) is 0. The Morgan fingerprint density at radius 1 is 0.909 bits per heavy atom. The summed E-state index contributed by atoms with van der Waals surface area (Å²) in [6.07, 6.45) is 1.92. The number of fused-ring (bicyclic) bond motifs is 2. The Bertz CT molecular complexity index is 1010. The first kappa shape index (κ1) is 13.1. The molecule has 2 nitrogen and oxygen atoms in total. The van der Waals surface area contributed by atoms with E-state index in [1.165, 1.54) is 44.2 Å². The third-order valence-corrected chi connectivity index (χ3v) is 4.38. The van der Waals surface area contributed by atoms with E-state index in [0.29, 0.717) is 0 Å². The molecule has 0 unspecified atom stereocenters. The van der Waals surface area contributed by atoms with E-state index in [0.717, 1.165) is 5.52 Å². The van der Waals surface area contributed by atoms with Crippen LogP contribution >= 0.6 is 0 Å². The monoisotopic (exact) mass is 286 g/mol. The molecule has 2 heteroatoms. The van der Waals surface area contributed by atoms with Gasteiger partial charge in [-0.25, -0.2) is 0 Å². The zero-order valence-electron chi connectivity index (χ0n) is 13.1. The summed E-state index contributed by atoms with van der Waals surface area (Å²) in [6, 6.07) is 15.1. The van der Waals surface area contributed by atoms with Crippen LogP contribution in [0.25, 0.3) is 32.9 Å². The van der Waals surface area contributed by atoms with E-state index in [4.69, 9.17) is 0 Å². The van der Waals surface area contributed by atoms with Gasteiger partial charge in [-0.15, -0.1) is 0 Å². The van der Waals surface area contributed by atoms with Gasteiger partial charge in [0.1, 0.15) is 0 Å². The van der Waals surface area contributed by atoms with Crippen molar-refractivity contribution in [3.63, 3.8) is 0 Å². The van der Waals surface area contributed by atoms with E-state index < -0.39 is 0 Å². The van der Waals surface area contributed by atoms with Crippen molar-refractivity contribution in [2.24, 2.45) is 0 Å². The number of aromatic nitrogens is 2. The van der Waals surface area contributed by atoms with Crippen molar-refractivity contribution in [2.75, 3.05) is 0 Å². The molecule has 2 aromatic heterocycles. The molecule has 1 N–H and O–H groups in total. The van der Waals surface area contributed by atoms with Gasteiger partial charge in [0, 0.05) is 33.7 Å². The molecule has 0 saturated heterocycles. The minimum absolute atomic E-state index is 1.08. The van der Waals surface area contributed by atoms with Crippen LogP contribution in [0.5, 0.6) is 0 Å². The van der Waals surface area contributed by atoms with Crippen LogP contribution in [-0.2, 0) is 0 Å². The molecular formula is C20H18N2. The highest BCUT2D eigenvalue weighted by molar-refractivity contribution is 6.06. The van der Waals surface area contributed by atoms with Crippen molar-refractivity contribution in [3.05, 3.63) is 65.5 Å². The molecule has 0 atom stereocenters. The Kier molecular flexibility index (Phi) is 2.80. The van der Waals surface area contributed by atoms with Crippen molar-refractivity contribution >= 4 is 21.8 Å². The van der Waals surface area contributed by atoms with E-state index in [2.05, 4.69) is 73.2 Å². The highest BCUT2D eigenvalue weighted by atomic mass is 14.7. The molecule has 0 fully saturated rings. The second kappa shape index (κ2) is 4.70. The first-order chi connectivity index (χ1) is 10.6. The average Bonchev–Trinajstić information content (AvgIpc) is 2.82. The fourth-order valence-corrected chi connectivity index (χ4v) is 3.33. The Hall–Kier alpha value is -2.61. The smallest absolute Gasteiger partial charge is 0.0737 e. The van der Waals surface area contributed by atoms with Gasteiger partial charge in [-0.05, 0) is 50.1 Å². The number of rotatable bonds is 1. The van der Waals surface area contributed by atoms with Gasteiger partial charge in [0.05, 0.1) is 5.52 Å². The van der Waals surface area contributed by atoms with Crippen molar-refractivity contribution in [1.82, 2.24) is 9.97 Å². The average molecular weight is 286 g/mol. The summed E-state index contributed by atoms with van der Waals surface area (Å²) in [5, 5.41) is 2.50. The van der Waals surface area contributed by atoms with Crippen LogP contribution in [0.15, 0.2) is 48.7 Å². The van der Waals surface area contributed by atoms with Gasteiger partial charge in [0.15, 0.2) is 0 Å². The number of hydrogen-bond donors (Lipinski definition) is 1. The summed E-state index contributed by atoms with van der Waals surface area (Å²) in [6.45, 7) is 6.40.